The quantitative estimate of drug-likeness (QED) is 0.333. The highest BCUT2D eigenvalue weighted by Crippen LogP contribution is 2.30. The molecule has 3 aromatic carbocycles. The molecule has 0 radical (unpaired) electrons. The van der Waals surface area contributed by atoms with Crippen molar-refractivity contribution in [1.29, 1.82) is 0 Å². The maximum Gasteiger partial charge on any atom is 0.146 e. The van der Waals surface area contributed by atoms with Gasteiger partial charge in [-0.2, -0.15) is 0 Å². The zero-order chi connectivity index (χ0) is 18.4. The fourth-order valence-electron chi connectivity index (χ4n) is 3.40. The highest BCUT2D eigenvalue weighted by atomic mass is 28.3. The zero-order valence-electron chi connectivity index (χ0n) is 15.4. The van der Waals surface area contributed by atoms with E-state index in [4.69, 9.17) is 0 Å². The molecule has 0 saturated carbocycles. The van der Waals surface area contributed by atoms with Crippen LogP contribution in [0.2, 0.25) is 19.1 Å². The minimum absolute atomic E-state index is 0.819. The number of aldehydes is 1. The van der Waals surface area contributed by atoms with Crippen LogP contribution >= 0.6 is 0 Å². The fourth-order valence-corrected chi connectivity index (χ4v) is 5.91. The maximum atomic E-state index is 12.2. The van der Waals surface area contributed by atoms with E-state index in [2.05, 4.69) is 61.6 Å². The monoisotopic (exact) mass is 356 g/mol. The molecule has 3 rings (SSSR count). The molecule has 0 heterocycles. The second kappa shape index (κ2) is 8.11. The number of hydrogen-bond donors (Lipinski definition) is 0. The lowest BCUT2D eigenvalue weighted by atomic mass is 9.94. The first-order valence-electron chi connectivity index (χ1n) is 8.96. The van der Waals surface area contributed by atoms with Gasteiger partial charge in [-0.25, -0.2) is 0 Å². The van der Waals surface area contributed by atoms with E-state index in [9.17, 15) is 4.79 Å². The summed E-state index contributed by atoms with van der Waals surface area (Å²) in [6.07, 6.45) is 1.06. The van der Waals surface area contributed by atoms with Crippen molar-refractivity contribution in [2.45, 2.75) is 19.1 Å². The van der Waals surface area contributed by atoms with Gasteiger partial charge in [0, 0.05) is 0 Å². The molecular weight excluding hydrogens is 332 g/mol. The van der Waals surface area contributed by atoms with E-state index in [1.165, 1.54) is 5.19 Å². The standard InChI is InChI=1S/C24H24OSi/c1-26(2,23-16-10-5-11-17-23)19-22(18-25)24(20-12-6-3-7-13-20)21-14-8-4-9-15-21/h3-18H,19H2,1-2H3. The second-order valence-corrected chi connectivity index (χ2v) is 11.9. The Labute approximate surface area is 157 Å². The summed E-state index contributed by atoms with van der Waals surface area (Å²) in [4.78, 5) is 12.2. The van der Waals surface area contributed by atoms with Crippen molar-refractivity contribution in [2.75, 3.05) is 0 Å². The van der Waals surface area contributed by atoms with Crippen LogP contribution in [0.4, 0.5) is 0 Å². The molecule has 0 atom stereocenters. The van der Waals surface area contributed by atoms with Gasteiger partial charge in [0.1, 0.15) is 6.29 Å². The molecule has 26 heavy (non-hydrogen) atoms. The minimum Gasteiger partial charge on any atom is -0.298 e. The third-order valence-electron chi connectivity index (χ3n) is 4.78. The molecular formula is C24H24OSi. The molecule has 0 N–H and O–H groups in total. The number of benzene rings is 3. The van der Waals surface area contributed by atoms with Crippen LogP contribution in [0.1, 0.15) is 11.1 Å². The van der Waals surface area contributed by atoms with E-state index in [0.717, 1.165) is 34.6 Å². The SMILES string of the molecule is C[Si](C)(CC(C=O)=C(c1ccccc1)c1ccccc1)c1ccccc1. The Morgan fingerprint density at radius 3 is 1.58 bits per heavy atom. The molecule has 0 unspecified atom stereocenters. The van der Waals surface area contributed by atoms with Gasteiger partial charge in [-0.05, 0) is 28.3 Å². The Morgan fingerprint density at radius 2 is 1.15 bits per heavy atom. The van der Waals surface area contributed by atoms with E-state index < -0.39 is 8.07 Å². The summed E-state index contributed by atoms with van der Waals surface area (Å²) in [6.45, 7) is 4.67. The van der Waals surface area contributed by atoms with Gasteiger partial charge in [-0.3, -0.25) is 4.79 Å². The zero-order valence-corrected chi connectivity index (χ0v) is 16.4. The molecule has 1 nitrogen and oxygen atoms in total. The van der Waals surface area contributed by atoms with Gasteiger partial charge in [0.25, 0.3) is 0 Å². The van der Waals surface area contributed by atoms with Crippen molar-refractivity contribution in [3.05, 3.63) is 108 Å². The van der Waals surface area contributed by atoms with Crippen LogP contribution in [-0.2, 0) is 4.79 Å². The molecule has 2 heteroatoms. The van der Waals surface area contributed by atoms with Crippen molar-refractivity contribution in [2.24, 2.45) is 0 Å². The minimum atomic E-state index is -1.78. The molecule has 0 aliphatic carbocycles. The van der Waals surface area contributed by atoms with Crippen LogP contribution in [0.25, 0.3) is 5.57 Å². The highest BCUT2D eigenvalue weighted by molar-refractivity contribution is 6.90. The highest BCUT2D eigenvalue weighted by Gasteiger charge is 2.26. The van der Waals surface area contributed by atoms with Crippen molar-refractivity contribution >= 4 is 25.1 Å². The van der Waals surface area contributed by atoms with Crippen molar-refractivity contribution in [1.82, 2.24) is 0 Å². The Balaban J connectivity index is 2.12. The van der Waals surface area contributed by atoms with Gasteiger partial charge in [0.15, 0.2) is 0 Å². The van der Waals surface area contributed by atoms with Crippen molar-refractivity contribution in [3.8, 4) is 0 Å². The van der Waals surface area contributed by atoms with Gasteiger partial charge in [-0.1, -0.05) is 109 Å². The summed E-state index contributed by atoms with van der Waals surface area (Å²) in [5.41, 5.74) is 4.14. The largest absolute Gasteiger partial charge is 0.298 e. The summed E-state index contributed by atoms with van der Waals surface area (Å²) in [6, 6.07) is 31.9. The molecule has 3 aromatic rings. The molecule has 130 valence electrons. The summed E-state index contributed by atoms with van der Waals surface area (Å²) < 4.78 is 0. The van der Waals surface area contributed by atoms with Gasteiger partial charge in [0.2, 0.25) is 0 Å². The molecule has 0 bridgehead atoms. The van der Waals surface area contributed by atoms with Crippen LogP contribution in [-0.4, -0.2) is 14.4 Å². The van der Waals surface area contributed by atoms with Crippen molar-refractivity contribution in [3.63, 3.8) is 0 Å². The first-order chi connectivity index (χ1) is 12.6. The lowest BCUT2D eigenvalue weighted by Gasteiger charge is -2.25. The summed E-state index contributed by atoms with van der Waals surface area (Å²) in [5, 5.41) is 1.37. The predicted octanol–water partition coefficient (Wildman–Crippen LogP) is 5.30. The fraction of sp³-hybridized carbons (Fsp3) is 0.125. The van der Waals surface area contributed by atoms with Crippen LogP contribution in [0.15, 0.2) is 96.6 Å². The average Bonchev–Trinajstić information content (AvgIpc) is 2.70. The van der Waals surface area contributed by atoms with Crippen LogP contribution in [0.5, 0.6) is 0 Å². The maximum absolute atomic E-state index is 12.2. The summed E-state index contributed by atoms with van der Waals surface area (Å²) >= 11 is 0. The van der Waals surface area contributed by atoms with Crippen LogP contribution < -0.4 is 5.19 Å². The first kappa shape index (κ1) is 18.1. The summed E-state index contributed by atoms with van der Waals surface area (Å²) in [7, 11) is -1.78. The van der Waals surface area contributed by atoms with E-state index in [0.29, 0.717) is 0 Å². The molecule has 0 amide bonds. The average molecular weight is 357 g/mol. The molecule has 0 aliphatic heterocycles. The van der Waals surface area contributed by atoms with Gasteiger partial charge in [0.05, 0.1) is 8.07 Å². The van der Waals surface area contributed by atoms with E-state index >= 15 is 0 Å². The smallest absolute Gasteiger partial charge is 0.146 e. The normalized spacial score (nSPS) is 11.0. The predicted molar refractivity (Wildman–Crippen MR) is 113 cm³/mol. The van der Waals surface area contributed by atoms with Gasteiger partial charge >= 0.3 is 0 Å². The Hall–Kier alpha value is -2.71. The lowest BCUT2D eigenvalue weighted by Crippen LogP contribution is -2.41. The molecule has 0 aromatic heterocycles. The summed E-state index contributed by atoms with van der Waals surface area (Å²) in [5.74, 6) is 0. The number of allylic oxidation sites excluding steroid dienone is 1. The second-order valence-electron chi connectivity index (χ2n) is 7.18. The van der Waals surface area contributed by atoms with E-state index in [1.54, 1.807) is 0 Å². The Kier molecular flexibility index (Phi) is 5.64. The Morgan fingerprint density at radius 1 is 0.731 bits per heavy atom. The number of carbonyl (C=O) groups excluding carboxylic acids is 1. The molecule has 0 spiro atoms. The van der Waals surface area contributed by atoms with E-state index in [-0.39, 0.29) is 0 Å². The van der Waals surface area contributed by atoms with Crippen LogP contribution in [0.3, 0.4) is 0 Å². The number of rotatable bonds is 6. The first-order valence-corrected chi connectivity index (χ1v) is 12.2. The van der Waals surface area contributed by atoms with Gasteiger partial charge in [-0.15, -0.1) is 0 Å². The third-order valence-corrected chi connectivity index (χ3v) is 7.94. The molecule has 0 saturated heterocycles. The van der Waals surface area contributed by atoms with E-state index in [1.807, 2.05) is 42.5 Å². The molecule has 0 fully saturated rings. The van der Waals surface area contributed by atoms with Crippen LogP contribution in [0, 0.1) is 0 Å². The number of hydrogen-bond acceptors (Lipinski definition) is 1. The topological polar surface area (TPSA) is 17.1 Å². The van der Waals surface area contributed by atoms with Crippen molar-refractivity contribution < 1.29 is 4.79 Å². The van der Waals surface area contributed by atoms with Gasteiger partial charge < -0.3 is 0 Å². The lowest BCUT2D eigenvalue weighted by molar-refractivity contribution is -0.104. The molecule has 0 aliphatic rings. The Bertz CT molecular complexity index is 840. The number of carbonyl (C=O) groups is 1. The third kappa shape index (κ3) is 4.09.